The van der Waals surface area contributed by atoms with Crippen LogP contribution in [0.4, 0.5) is 0 Å². The van der Waals surface area contributed by atoms with Gasteiger partial charge in [0.1, 0.15) is 12.0 Å². The molecule has 8 heteroatoms. The Morgan fingerprint density at radius 1 is 1.22 bits per heavy atom. The van der Waals surface area contributed by atoms with E-state index in [-0.39, 0.29) is 43.2 Å². The zero-order valence-electron chi connectivity index (χ0n) is 14.7. The van der Waals surface area contributed by atoms with E-state index in [2.05, 4.69) is 4.98 Å². The second-order valence-electron chi connectivity index (χ2n) is 7.15. The molecule has 1 unspecified atom stereocenters. The number of hydrogen-bond donors (Lipinski definition) is 1. The van der Waals surface area contributed by atoms with E-state index in [4.69, 9.17) is 18.6 Å². The van der Waals surface area contributed by atoms with Crippen molar-refractivity contribution in [3.05, 3.63) is 36.0 Å². The summed E-state index contributed by atoms with van der Waals surface area (Å²) in [6, 6.07) is 5.49. The minimum Gasteiger partial charge on any atom is -0.484 e. The summed E-state index contributed by atoms with van der Waals surface area (Å²) in [5.41, 5.74) is 0.285. The third-order valence-electron chi connectivity index (χ3n) is 5.42. The number of aliphatic hydroxyl groups excluding tert-OH is 1. The van der Waals surface area contributed by atoms with Crippen LogP contribution in [0.3, 0.4) is 0 Å². The van der Waals surface area contributed by atoms with Crippen LogP contribution in [0.1, 0.15) is 42.1 Å². The Labute approximate surface area is 155 Å². The number of piperidine rings is 1. The fraction of sp³-hybridized carbons (Fsp3) is 0.474. The highest BCUT2D eigenvalue weighted by atomic mass is 16.7. The molecule has 1 aromatic carbocycles. The largest absolute Gasteiger partial charge is 0.484 e. The third-order valence-corrected chi connectivity index (χ3v) is 5.42. The second-order valence-corrected chi connectivity index (χ2v) is 7.15. The van der Waals surface area contributed by atoms with Crippen molar-refractivity contribution in [1.29, 1.82) is 0 Å². The van der Waals surface area contributed by atoms with Crippen molar-refractivity contribution in [3.8, 4) is 17.2 Å². The van der Waals surface area contributed by atoms with Crippen LogP contribution in [0, 0.1) is 0 Å². The topological polar surface area (TPSA) is 94.3 Å². The molecule has 1 aromatic heterocycles. The minimum atomic E-state index is -0.311. The summed E-state index contributed by atoms with van der Waals surface area (Å²) in [4.78, 5) is 19.0. The Bertz CT molecular complexity index is 852. The lowest BCUT2D eigenvalue weighted by atomic mass is 9.99. The van der Waals surface area contributed by atoms with Crippen LogP contribution in [0.25, 0.3) is 0 Å². The summed E-state index contributed by atoms with van der Waals surface area (Å²) in [6.45, 7) is 0.317. The molecule has 4 heterocycles. The van der Waals surface area contributed by atoms with E-state index in [1.54, 1.807) is 18.2 Å². The number of benzene rings is 1. The molecule has 1 N–H and O–H groups in total. The normalized spacial score (nSPS) is 25.7. The predicted octanol–water partition coefficient (Wildman–Crippen LogP) is 2.11. The van der Waals surface area contributed by atoms with E-state index in [0.717, 1.165) is 12.8 Å². The number of fused-ring (bicyclic) bond motifs is 3. The summed E-state index contributed by atoms with van der Waals surface area (Å²) in [5, 5.41) is 9.90. The molecule has 0 radical (unpaired) electrons. The molecule has 0 saturated carbocycles. The number of rotatable bonds is 4. The lowest BCUT2D eigenvalue weighted by Gasteiger charge is -2.36. The molecule has 2 saturated heterocycles. The highest BCUT2D eigenvalue weighted by Crippen LogP contribution is 2.37. The quantitative estimate of drug-likeness (QED) is 0.878. The molecule has 0 spiro atoms. The number of oxazole rings is 1. The fourth-order valence-electron chi connectivity index (χ4n) is 4.20. The van der Waals surface area contributed by atoms with Crippen LogP contribution in [0.15, 0.2) is 28.9 Å². The molecule has 2 aromatic rings. The van der Waals surface area contributed by atoms with Gasteiger partial charge in [-0.2, -0.15) is 0 Å². The Kier molecular flexibility index (Phi) is 3.93. The van der Waals surface area contributed by atoms with Crippen LogP contribution >= 0.6 is 0 Å². The predicted molar refractivity (Wildman–Crippen MR) is 91.6 cm³/mol. The van der Waals surface area contributed by atoms with Crippen molar-refractivity contribution < 1.29 is 28.5 Å². The first-order valence-electron chi connectivity index (χ1n) is 9.15. The van der Waals surface area contributed by atoms with Gasteiger partial charge in [-0.1, -0.05) is 0 Å². The molecule has 5 rings (SSSR count). The second kappa shape index (κ2) is 6.45. The van der Waals surface area contributed by atoms with Crippen LogP contribution in [-0.2, 0) is 6.61 Å². The maximum absolute atomic E-state index is 12.8. The standard InChI is InChI=1S/C19H20N2O6/c22-13-5-11-1-2-12(6-13)21(11)19(23)15-8-25-18(20-15)9-24-14-3-4-16-17(7-14)27-10-26-16/h3-4,7-8,11-13,22H,1-2,5-6,9-10H2/t11-,12+,13?. The lowest BCUT2D eigenvalue weighted by molar-refractivity contribution is 0.0282. The Hall–Kier alpha value is -2.74. The van der Waals surface area contributed by atoms with Gasteiger partial charge < -0.3 is 28.6 Å². The van der Waals surface area contributed by atoms with Gasteiger partial charge in [-0.05, 0) is 37.8 Å². The van der Waals surface area contributed by atoms with Crippen LogP contribution in [0.5, 0.6) is 17.2 Å². The molecule has 2 bridgehead atoms. The van der Waals surface area contributed by atoms with Crippen LogP contribution < -0.4 is 14.2 Å². The molecule has 3 atom stereocenters. The summed E-state index contributed by atoms with van der Waals surface area (Å²) in [5.74, 6) is 2.13. The van der Waals surface area contributed by atoms with Gasteiger partial charge in [0.25, 0.3) is 5.91 Å². The van der Waals surface area contributed by atoms with E-state index >= 15 is 0 Å². The summed E-state index contributed by atoms with van der Waals surface area (Å²) in [6.07, 6.45) is 4.22. The molecule has 1 amide bonds. The Morgan fingerprint density at radius 3 is 2.81 bits per heavy atom. The van der Waals surface area contributed by atoms with Gasteiger partial charge in [0, 0.05) is 18.2 Å². The number of ether oxygens (including phenoxy) is 3. The molecule has 2 fully saturated rings. The van der Waals surface area contributed by atoms with Gasteiger partial charge in [-0.15, -0.1) is 0 Å². The molecular formula is C19H20N2O6. The van der Waals surface area contributed by atoms with Crippen molar-refractivity contribution in [3.63, 3.8) is 0 Å². The number of carbonyl (C=O) groups is 1. The first kappa shape index (κ1) is 16.4. The van der Waals surface area contributed by atoms with Gasteiger partial charge in [-0.25, -0.2) is 4.98 Å². The maximum atomic E-state index is 12.8. The van der Waals surface area contributed by atoms with Crippen molar-refractivity contribution in [1.82, 2.24) is 9.88 Å². The smallest absolute Gasteiger partial charge is 0.276 e. The SMILES string of the molecule is O=C(c1coc(COc2ccc3c(c2)OCO3)n1)N1[C@@H]2CC[C@H]1CC(O)C2. The lowest BCUT2D eigenvalue weighted by Crippen LogP contribution is -2.48. The van der Waals surface area contributed by atoms with Gasteiger partial charge >= 0.3 is 0 Å². The molecule has 3 aliphatic rings. The zero-order valence-corrected chi connectivity index (χ0v) is 14.7. The van der Waals surface area contributed by atoms with Gasteiger partial charge in [-0.3, -0.25) is 4.79 Å². The molecular weight excluding hydrogens is 352 g/mol. The summed E-state index contributed by atoms with van der Waals surface area (Å²) in [7, 11) is 0. The van der Waals surface area contributed by atoms with Gasteiger partial charge in [0.2, 0.25) is 12.7 Å². The Morgan fingerprint density at radius 2 is 2.00 bits per heavy atom. The van der Waals surface area contributed by atoms with Crippen LogP contribution in [0.2, 0.25) is 0 Å². The third kappa shape index (κ3) is 2.99. The van der Waals surface area contributed by atoms with E-state index in [0.29, 0.717) is 36.0 Å². The van der Waals surface area contributed by atoms with E-state index in [1.165, 1.54) is 6.26 Å². The van der Waals surface area contributed by atoms with Crippen molar-refractivity contribution in [2.45, 2.75) is 50.5 Å². The average molecular weight is 372 g/mol. The first-order valence-corrected chi connectivity index (χ1v) is 9.15. The molecule has 3 aliphatic heterocycles. The van der Waals surface area contributed by atoms with Gasteiger partial charge in [0.05, 0.1) is 6.10 Å². The molecule has 142 valence electrons. The first-order chi connectivity index (χ1) is 13.2. The monoisotopic (exact) mass is 372 g/mol. The van der Waals surface area contributed by atoms with E-state index in [9.17, 15) is 9.90 Å². The number of amides is 1. The number of nitrogens with zero attached hydrogens (tertiary/aromatic N) is 2. The van der Waals surface area contributed by atoms with E-state index in [1.807, 2.05) is 4.90 Å². The summed E-state index contributed by atoms with van der Waals surface area (Å²) < 4.78 is 21.7. The van der Waals surface area contributed by atoms with Crippen molar-refractivity contribution >= 4 is 5.91 Å². The zero-order chi connectivity index (χ0) is 18.4. The van der Waals surface area contributed by atoms with Crippen molar-refractivity contribution in [2.24, 2.45) is 0 Å². The Balaban J connectivity index is 1.24. The summed E-state index contributed by atoms with van der Waals surface area (Å²) >= 11 is 0. The molecule has 27 heavy (non-hydrogen) atoms. The number of hydrogen-bond acceptors (Lipinski definition) is 7. The fourth-order valence-corrected chi connectivity index (χ4v) is 4.20. The number of carbonyl (C=O) groups excluding carboxylic acids is 1. The molecule has 0 aliphatic carbocycles. The molecule has 8 nitrogen and oxygen atoms in total. The van der Waals surface area contributed by atoms with Gasteiger partial charge in [0.15, 0.2) is 23.8 Å². The maximum Gasteiger partial charge on any atom is 0.276 e. The highest BCUT2D eigenvalue weighted by molar-refractivity contribution is 5.92. The number of aliphatic hydroxyl groups is 1. The number of aromatic nitrogens is 1. The average Bonchev–Trinajstić information content (AvgIpc) is 3.37. The highest BCUT2D eigenvalue weighted by Gasteiger charge is 2.43. The van der Waals surface area contributed by atoms with Crippen molar-refractivity contribution in [2.75, 3.05) is 6.79 Å². The minimum absolute atomic E-state index is 0.0938. The van der Waals surface area contributed by atoms with E-state index < -0.39 is 0 Å². The van der Waals surface area contributed by atoms with Crippen LogP contribution in [-0.4, -0.2) is 45.9 Å².